The molecule has 1 heterocycles. The zero-order chi connectivity index (χ0) is 24.2. The quantitative estimate of drug-likeness (QED) is 0.327. The number of amides is 1. The van der Waals surface area contributed by atoms with E-state index in [1.54, 1.807) is 7.11 Å². The summed E-state index contributed by atoms with van der Waals surface area (Å²) in [5.74, 6) is 0.271. The van der Waals surface area contributed by atoms with Crippen LogP contribution in [0.25, 0.3) is 0 Å². The van der Waals surface area contributed by atoms with Crippen molar-refractivity contribution in [2.75, 3.05) is 12.0 Å². The second kappa shape index (κ2) is 10.2. The van der Waals surface area contributed by atoms with E-state index in [2.05, 4.69) is 0 Å². The van der Waals surface area contributed by atoms with E-state index >= 15 is 0 Å². The minimum absolute atomic E-state index is 0.0379. The Labute approximate surface area is 206 Å². The molecule has 0 saturated carbocycles. The van der Waals surface area contributed by atoms with Crippen LogP contribution in [0, 0.1) is 5.92 Å². The van der Waals surface area contributed by atoms with Gasteiger partial charge in [-0.1, -0.05) is 91.0 Å². The Hall–Kier alpha value is -3.89. The smallest absolute Gasteiger partial charge is 0.233 e. The van der Waals surface area contributed by atoms with E-state index in [4.69, 9.17) is 4.74 Å². The van der Waals surface area contributed by atoms with Crippen LogP contribution in [-0.2, 0) is 4.79 Å². The number of aliphatic hydroxyl groups excluding tert-OH is 1. The molecule has 1 saturated heterocycles. The van der Waals surface area contributed by atoms with E-state index in [-0.39, 0.29) is 23.8 Å². The molecule has 35 heavy (non-hydrogen) atoms. The van der Waals surface area contributed by atoms with Gasteiger partial charge in [0.1, 0.15) is 5.75 Å². The van der Waals surface area contributed by atoms with Crippen LogP contribution in [0.2, 0.25) is 0 Å². The van der Waals surface area contributed by atoms with E-state index in [1.807, 2.05) is 120 Å². The molecule has 4 aromatic carbocycles. The Bertz CT molecular complexity index is 1200. The molecule has 3 atom stereocenters. The lowest BCUT2D eigenvalue weighted by Crippen LogP contribution is -2.56. The van der Waals surface area contributed by atoms with Crippen molar-refractivity contribution in [1.29, 1.82) is 0 Å². The zero-order valence-corrected chi connectivity index (χ0v) is 19.7. The summed E-state index contributed by atoms with van der Waals surface area (Å²) in [5, 5.41) is 11.6. The molecular weight excluding hydrogens is 434 g/mol. The Balaban J connectivity index is 1.47. The van der Waals surface area contributed by atoms with E-state index < -0.39 is 6.10 Å². The van der Waals surface area contributed by atoms with Gasteiger partial charge in [-0.05, 0) is 47.4 Å². The van der Waals surface area contributed by atoms with Gasteiger partial charge in [0.25, 0.3) is 0 Å². The van der Waals surface area contributed by atoms with Crippen LogP contribution in [0.1, 0.15) is 35.1 Å². The molecule has 1 unspecified atom stereocenters. The number of benzene rings is 4. The molecule has 0 radical (unpaired) electrons. The Morgan fingerprint density at radius 1 is 0.771 bits per heavy atom. The van der Waals surface area contributed by atoms with Crippen LogP contribution in [0.15, 0.2) is 115 Å². The molecule has 5 rings (SSSR count). The Morgan fingerprint density at radius 3 is 1.80 bits per heavy atom. The molecule has 176 valence electrons. The van der Waals surface area contributed by atoms with Gasteiger partial charge in [0.15, 0.2) is 0 Å². The van der Waals surface area contributed by atoms with Gasteiger partial charge >= 0.3 is 0 Å². The molecule has 4 aromatic rings. The largest absolute Gasteiger partial charge is 0.497 e. The van der Waals surface area contributed by atoms with Crippen LogP contribution in [0.3, 0.4) is 0 Å². The maximum atomic E-state index is 13.5. The highest BCUT2D eigenvalue weighted by Crippen LogP contribution is 2.47. The molecule has 1 amide bonds. The molecule has 0 aromatic heterocycles. The van der Waals surface area contributed by atoms with Crippen molar-refractivity contribution in [3.63, 3.8) is 0 Å². The molecule has 0 bridgehead atoms. The van der Waals surface area contributed by atoms with Crippen molar-refractivity contribution in [2.45, 2.75) is 24.5 Å². The van der Waals surface area contributed by atoms with Gasteiger partial charge in [0.05, 0.1) is 25.2 Å². The number of anilines is 1. The molecule has 1 fully saturated rings. The number of hydrogen-bond donors (Lipinski definition) is 1. The highest BCUT2D eigenvalue weighted by Gasteiger charge is 2.50. The monoisotopic (exact) mass is 463 g/mol. The number of rotatable bonds is 8. The fourth-order valence-corrected chi connectivity index (χ4v) is 5.19. The lowest BCUT2D eigenvalue weighted by Gasteiger charge is -2.48. The third kappa shape index (κ3) is 4.58. The number of ether oxygens (including phenoxy) is 1. The number of hydrogen-bond acceptors (Lipinski definition) is 3. The summed E-state index contributed by atoms with van der Waals surface area (Å²) in [7, 11) is 1.64. The highest BCUT2D eigenvalue weighted by atomic mass is 16.5. The second-order valence-corrected chi connectivity index (χ2v) is 8.97. The van der Waals surface area contributed by atoms with Crippen LogP contribution in [0.4, 0.5) is 5.69 Å². The summed E-state index contributed by atoms with van der Waals surface area (Å²) in [4.78, 5) is 15.3. The van der Waals surface area contributed by atoms with Gasteiger partial charge in [0, 0.05) is 11.6 Å². The molecule has 4 nitrogen and oxygen atoms in total. The van der Waals surface area contributed by atoms with Gasteiger partial charge in [-0.3, -0.25) is 4.79 Å². The maximum absolute atomic E-state index is 13.5. The van der Waals surface area contributed by atoms with Gasteiger partial charge in [-0.15, -0.1) is 0 Å². The first-order valence-electron chi connectivity index (χ1n) is 12.0. The first kappa shape index (κ1) is 22.9. The van der Waals surface area contributed by atoms with Crippen molar-refractivity contribution < 1.29 is 14.6 Å². The van der Waals surface area contributed by atoms with E-state index in [9.17, 15) is 9.90 Å². The van der Waals surface area contributed by atoms with Crippen molar-refractivity contribution >= 4 is 11.6 Å². The Morgan fingerprint density at radius 2 is 1.29 bits per heavy atom. The van der Waals surface area contributed by atoms with E-state index in [0.717, 1.165) is 28.1 Å². The Kier molecular flexibility index (Phi) is 6.64. The first-order chi connectivity index (χ1) is 17.2. The number of para-hydroxylation sites is 1. The average Bonchev–Trinajstić information content (AvgIpc) is 2.92. The number of carbonyl (C=O) groups is 1. The third-order valence-electron chi connectivity index (χ3n) is 6.90. The molecule has 1 N–H and O–H groups in total. The average molecular weight is 464 g/mol. The number of β-lactam (4-membered cyclic amide) rings is 1. The van der Waals surface area contributed by atoms with Crippen molar-refractivity contribution in [1.82, 2.24) is 0 Å². The molecular formula is C31H29NO3. The van der Waals surface area contributed by atoms with Crippen LogP contribution in [0.5, 0.6) is 5.75 Å². The predicted octanol–water partition coefficient (Wildman–Crippen LogP) is 5.98. The van der Waals surface area contributed by atoms with Crippen molar-refractivity contribution in [3.05, 3.63) is 132 Å². The summed E-state index contributed by atoms with van der Waals surface area (Å²) in [6.07, 6.45) is -0.347. The summed E-state index contributed by atoms with van der Waals surface area (Å²) in [6, 6.07) is 37.5. The minimum Gasteiger partial charge on any atom is -0.497 e. The van der Waals surface area contributed by atoms with E-state index in [1.165, 1.54) is 0 Å². The zero-order valence-electron chi connectivity index (χ0n) is 19.7. The number of nitrogens with zero attached hydrogens (tertiary/aromatic N) is 1. The normalized spacial score (nSPS) is 18.3. The topological polar surface area (TPSA) is 49.8 Å². The fraction of sp³-hybridized carbons (Fsp3) is 0.194. The van der Waals surface area contributed by atoms with Crippen molar-refractivity contribution in [3.8, 4) is 5.75 Å². The summed E-state index contributed by atoms with van der Waals surface area (Å²) in [5.41, 5.74) is 3.98. The molecule has 1 aliphatic heterocycles. The van der Waals surface area contributed by atoms with Gasteiger partial charge < -0.3 is 14.7 Å². The summed E-state index contributed by atoms with van der Waals surface area (Å²) < 4.78 is 5.33. The number of methoxy groups -OCH3 is 1. The number of aliphatic hydroxyl groups is 1. The minimum atomic E-state index is -0.715. The molecule has 4 heteroatoms. The van der Waals surface area contributed by atoms with Gasteiger partial charge in [-0.25, -0.2) is 0 Å². The van der Waals surface area contributed by atoms with Gasteiger partial charge in [-0.2, -0.15) is 0 Å². The first-order valence-corrected chi connectivity index (χ1v) is 12.0. The molecule has 0 aliphatic carbocycles. The molecule has 1 aliphatic rings. The van der Waals surface area contributed by atoms with Crippen molar-refractivity contribution in [2.24, 2.45) is 5.92 Å². The lowest BCUT2D eigenvalue weighted by molar-refractivity contribution is -0.132. The highest BCUT2D eigenvalue weighted by molar-refractivity contribution is 6.03. The van der Waals surface area contributed by atoms with Crippen LogP contribution in [-0.4, -0.2) is 24.2 Å². The lowest BCUT2D eigenvalue weighted by atomic mass is 9.74. The fourth-order valence-electron chi connectivity index (χ4n) is 5.19. The maximum Gasteiger partial charge on any atom is 0.233 e. The van der Waals surface area contributed by atoms with E-state index in [0.29, 0.717) is 6.42 Å². The number of carbonyl (C=O) groups excluding carboxylic acids is 1. The van der Waals surface area contributed by atoms with Crippen LogP contribution >= 0.6 is 0 Å². The second-order valence-electron chi connectivity index (χ2n) is 8.97. The van der Waals surface area contributed by atoms with Gasteiger partial charge in [0.2, 0.25) is 5.91 Å². The standard InChI is InChI=1S/C31H29NO3/c1-35-26-19-17-24(18-20-26)30-27(31(34)32(30)25-15-9-4-10-16-25)21-28(33)29(22-11-5-2-6-12-22)23-13-7-3-8-14-23/h2-20,27-30,33H,21H2,1H3/t27?,28-,30+/m1/s1. The summed E-state index contributed by atoms with van der Waals surface area (Å²) >= 11 is 0. The SMILES string of the molecule is COc1ccc([C@H]2C(C[C@@H](O)C(c3ccccc3)c3ccccc3)C(=O)N2c2ccccc2)cc1. The summed E-state index contributed by atoms with van der Waals surface area (Å²) in [6.45, 7) is 0. The molecule has 0 spiro atoms. The van der Waals surface area contributed by atoms with Crippen LogP contribution < -0.4 is 9.64 Å². The predicted molar refractivity (Wildman–Crippen MR) is 139 cm³/mol. The third-order valence-corrected chi connectivity index (χ3v) is 6.90.